The number of benzene rings is 1. The molecule has 0 aliphatic carbocycles. The standard InChI is InChI=1S/C20H24ClN3O.C2H6/c1-14-5-6-16(17(21)12-14)19(25)24-13-20(7-10-22-11-8-20)18-15(2)4-3-9-23-18;1-2/h3-6,9,12,22H,7-8,10-11,13H2,1-2H3,(H,24,25);1-2H3. The Bertz CT molecular complexity index is 770. The Hall–Kier alpha value is -1.91. The molecule has 1 amide bonds. The fraction of sp³-hybridized carbons (Fsp3) is 0.455. The van der Waals surface area contributed by atoms with Crippen LogP contribution in [0.3, 0.4) is 0 Å². The highest BCUT2D eigenvalue weighted by Gasteiger charge is 2.36. The van der Waals surface area contributed by atoms with Gasteiger partial charge in [0.15, 0.2) is 0 Å². The van der Waals surface area contributed by atoms with E-state index in [0.717, 1.165) is 37.2 Å². The zero-order valence-corrected chi connectivity index (χ0v) is 17.5. The zero-order chi connectivity index (χ0) is 19.9. The van der Waals surface area contributed by atoms with E-state index < -0.39 is 0 Å². The van der Waals surface area contributed by atoms with E-state index in [-0.39, 0.29) is 11.3 Å². The van der Waals surface area contributed by atoms with Gasteiger partial charge in [-0.25, -0.2) is 0 Å². The highest BCUT2D eigenvalue weighted by molar-refractivity contribution is 6.33. The molecule has 2 aromatic rings. The number of piperidine rings is 1. The number of carbonyl (C=O) groups is 1. The Morgan fingerprint density at radius 2 is 1.93 bits per heavy atom. The Morgan fingerprint density at radius 3 is 2.56 bits per heavy atom. The van der Waals surface area contributed by atoms with Crippen molar-refractivity contribution in [1.29, 1.82) is 0 Å². The molecule has 0 bridgehead atoms. The number of hydrogen-bond donors (Lipinski definition) is 2. The molecule has 27 heavy (non-hydrogen) atoms. The summed E-state index contributed by atoms with van der Waals surface area (Å²) in [5, 5.41) is 7.00. The van der Waals surface area contributed by atoms with Gasteiger partial charge < -0.3 is 10.6 Å². The van der Waals surface area contributed by atoms with Crippen LogP contribution >= 0.6 is 11.6 Å². The lowest BCUT2D eigenvalue weighted by molar-refractivity contribution is 0.0937. The molecule has 1 fully saturated rings. The van der Waals surface area contributed by atoms with Gasteiger partial charge in [0.05, 0.1) is 16.3 Å². The summed E-state index contributed by atoms with van der Waals surface area (Å²) in [7, 11) is 0. The molecule has 0 spiro atoms. The van der Waals surface area contributed by atoms with E-state index in [2.05, 4.69) is 28.6 Å². The fourth-order valence-corrected chi connectivity index (χ4v) is 3.91. The van der Waals surface area contributed by atoms with Crippen molar-refractivity contribution in [2.24, 2.45) is 0 Å². The first-order valence-electron chi connectivity index (χ1n) is 9.69. The monoisotopic (exact) mass is 387 g/mol. The van der Waals surface area contributed by atoms with Gasteiger partial charge >= 0.3 is 0 Å². The Labute approximate surface area is 167 Å². The molecule has 2 N–H and O–H groups in total. The van der Waals surface area contributed by atoms with Crippen LogP contribution < -0.4 is 10.6 Å². The number of rotatable bonds is 4. The van der Waals surface area contributed by atoms with Crippen molar-refractivity contribution in [2.75, 3.05) is 19.6 Å². The number of amides is 1. The Balaban J connectivity index is 0.00000126. The maximum atomic E-state index is 12.6. The van der Waals surface area contributed by atoms with Crippen molar-refractivity contribution in [2.45, 2.75) is 46.0 Å². The van der Waals surface area contributed by atoms with Crippen LogP contribution in [-0.4, -0.2) is 30.5 Å². The second kappa shape index (κ2) is 9.86. The smallest absolute Gasteiger partial charge is 0.252 e. The predicted molar refractivity (Wildman–Crippen MR) is 113 cm³/mol. The topological polar surface area (TPSA) is 54.0 Å². The first-order chi connectivity index (χ1) is 13.0. The molecule has 1 aromatic heterocycles. The molecular formula is C22H30ClN3O. The minimum Gasteiger partial charge on any atom is -0.351 e. The lowest BCUT2D eigenvalue weighted by Crippen LogP contribution is -2.48. The highest BCUT2D eigenvalue weighted by Crippen LogP contribution is 2.33. The molecule has 0 unspecified atom stereocenters. The van der Waals surface area contributed by atoms with Crippen molar-refractivity contribution < 1.29 is 4.79 Å². The zero-order valence-electron chi connectivity index (χ0n) is 16.7. The maximum Gasteiger partial charge on any atom is 0.252 e. The minimum absolute atomic E-state index is 0.128. The van der Waals surface area contributed by atoms with Crippen molar-refractivity contribution in [1.82, 2.24) is 15.6 Å². The van der Waals surface area contributed by atoms with E-state index in [1.165, 1.54) is 5.56 Å². The third-order valence-electron chi connectivity index (χ3n) is 5.03. The first kappa shape index (κ1) is 21.4. The van der Waals surface area contributed by atoms with Gasteiger partial charge in [0.2, 0.25) is 0 Å². The fourth-order valence-electron chi connectivity index (χ4n) is 3.59. The van der Waals surface area contributed by atoms with E-state index in [4.69, 9.17) is 11.6 Å². The van der Waals surface area contributed by atoms with Crippen LogP contribution in [0.2, 0.25) is 5.02 Å². The van der Waals surface area contributed by atoms with Gasteiger partial charge in [0.1, 0.15) is 0 Å². The largest absolute Gasteiger partial charge is 0.351 e. The lowest BCUT2D eigenvalue weighted by atomic mass is 9.74. The van der Waals surface area contributed by atoms with Gasteiger partial charge in [-0.2, -0.15) is 0 Å². The third kappa shape index (κ3) is 5.08. The molecule has 0 saturated carbocycles. The summed E-state index contributed by atoms with van der Waals surface area (Å²) >= 11 is 6.24. The number of halogens is 1. The average molecular weight is 388 g/mol. The molecular weight excluding hydrogens is 358 g/mol. The Kier molecular flexibility index (Phi) is 7.81. The predicted octanol–water partition coefficient (Wildman–Crippen LogP) is 4.43. The van der Waals surface area contributed by atoms with Crippen molar-refractivity contribution in [3.63, 3.8) is 0 Å². The highest BCUT2D eigenvalue weighted by atomic mass is 35.5. The quantitative estimate of drug-likeness (QED) is 0.815. The number of pyridine rings is 1. The molecule has 0 atom stereocenters. The summed E-state index contributed by atoms with van der Waals surface area (Å²) in [6.07, 6.45) is 3.74. The van der Waals surface area contributed by atoms with Crippen molar-refractivity contribution >= 4 is 17.5 Å². The molecule has 5 heteroatoms. The van der Waals surface area contributed by atoms with Crippen LogP contribution in [0.1, 0.15) is 53.9 Å². The second-order valence-electron chi connectivity index (χ2n) is 6.87. The van der Waals surface area contributed by atoms with Crippen LogP contribution in [0.15, 0.2) is 36.5 Å². The van der Waals surface area contributed by atoms with Gasteiger partial charge in [-0.3, -0.25) is 9.78 Å². The summed E-state index contributed by atoms with van der Waals surface area (Å²) in [6.45, 7) is 10.5. The summed E-state index contributed by atoms with van der Waals surface area (Å²) in [5.74, 6) is -0.128. The molecule has 0 radical (unpaired) electrons. The molecule has 1 aliphatic heterocycles. The first-order valence-corrected chi connectivity index (χ1v) is 10.1. The van der Waals surface area contributed by atoms with Crippen LogP contribution in [0.25, 0.3) is 0 Å². The van der Waals surface area contributed by atoms with Crippen LogP contribution in [-0.2, 0) is 5.41 Å². The summed E-state index contributed by atoms with van der Waals surface area (Å²) in [5.41, 5.74) is 3.69. The SMILES string of the molecule is CC.Cc1ccc(C(=O)NCC2(c3ncccc3C)CCNCC2)c(Cl)c1. The molecule has 3 rings (SSSR count). The lowest BCUT2D eigenvalue weighted by Gasteiger charge is -2.38. The molecule has 1 aliphatic rings. The molecule has 1 aromatic carbocycles. The number of nitrogens with one attached hydrogen (secondary N) is 2. The van der Waals surface area contributed by atoms with Crippen molar-refractivity contribution in [3.05, 3.63) is 63.9 Å². The molecule has 4 nitrogen and oxygen atoms in total. The van der Waals surface area contributed by atoms with Gasteiger partial charge in [0.25, 0.3) is 5.91 Å². The number of carbonyl (C=O) groups excluding carboxylic acids is 1. The number of nitrogens with zero attached hydrogens (tertiary/aromatic N) is 1. The van der Waals surface area contributed by atoms with E-state index in [0.29, 0.717) is 17.1 Å². The summed E-state index contributed by atoms with van der Waals surface area (Å²) in [4.78, 5) is 17.3. The third-order valence-corrected chi connectivity index (χ3v) is 5.34. The van der Waals surface area contributed by atoms with E-state index in [1.807, 2.05) is 45.2 Å². The van der Waals surface area contributed by atoms with Gasteiger partial charge in [-0.05, 0) is 69.1 Å². The van der Waals surface area contributed by atoms with E-state index in [9.17, 15) is 4.79 Å². The molecule has 1 saturated heterocycles. The average Bonchev–Trinajstić information content (AvgIpc) is 2.69. The van der Waals surface area contributed by atoms with Crippen LogP contribution in [0.5, 0.6) is 0 Å². The normalized spacial score (nSPS) is 15.4. The summed E-state index contributed by atoms with van der Waals surface area (Å²) < 4.78 is 0. The minimum atomic E-state index is -0.135. The molecule has 2 heterocycles. The summed E-state index contributed by atoms with van der Waals surface area (Å²) in [6, 6.07) is 9.56. The number of hydrogen-bond acceptors (Lipinski definition) is 3. The maximum absolute atomic E-state index is 12.6. The Morgan fingerprint density at radius 1 is 1.22 bits per heavy atom. The van der Waals surface area contributed by atoms with Gasteiger partial charge in [0, 0.05) is 18.2 Å². The van der Waals surface area contributed by atoms with Gasteiger partial charge in [-0.15, -0.1) is 0 Å². The van der Waals surface area contributed by atoms with Crippen LogP contribution in [0.4, 0.5) is 0 Å². The van der Waals surface area contributed by atoms with Crippen LogP contribution in [0, 0.1) is 13.8 Å². The van der Waals surface area contributed by atoms with Gasteiger partial charge in [-0.1, -0.05) is 37.6 Å². The molecule has 146 valence electrons. The van der Waals surface area contributed by atoms with Crippen molar-refractivity contribution in [3.8, 4) is 0 Å². The van der Waals surface area contributed by atoms with E-state index >= 15 is 0 Å². The number of aromatic nitrogens is 1. The van der Waals surface area contributed by atoms with E-state index in [1.54, 1.807) is 6.07 Å². The second-order valence-corrected chi connectivity index (χ2v) is 7.27. The number of aryl methyl sites for hydroxylation is 2.